The number of anilines is 1. The quantitative estimate of drug-likeness (QED) is 0.698. The molecule has 0 fully saturated rings. The highest BCUT2D eigenvalue weighted by Crippen LogP contribution is 2.31. The van der Waals surface area contributed by atoms with Crippen molar-refractivity contribution in [1.29, 1.82) is 0 Å². The number of hydrogen-bond donors (Lipinski definition) is 3. The van der Waals surface area contributed by atoms with Crippen LogP contribution in [0.3, 0.4) is 0 Å². The van der Waals surface area contributed by atoms with Gasteiger partial charge in [-0.15, -0.1) is 0 Å². The lowest BCUT2D eigenvalue weighted by molar-refractivity contribution is 0.238. The molecule has 18 heavy (non-hydrogen) atoms. The molecule has 0 spiro atoms. The van der Waals surface area contributed by atoms with Gasteiger partial charge >= 0.3 is 0 Å². The Kier molecular flexibility index (Phi) is 5.42. The molecule has 0 aliphatic heterocycles. The number of halogens is 2. The van der Waals surface area contributed by atoms with Crippen molar-refractivity contribution in [2.75, 3.05) is 18.9 Å². The van der Waals surface area contributed by atoms with Crippen molar-refractivity contribution in [2.24, 2.45) is 5.92 Å². The van der Waals surface area contributed by atoms with Gasteiger partial charge in [-0.1, -0.05) is 18.5 Å². The van der Waals surface area contributed by atoms with Gasteiger partial charge in [0.2, 0.25) is 10.0 Å². The van der Waals surface area contributed by atoms with Crippen LogP contribution in [0.25, 0.3) is 0 Å². The predicted octanol–water partition coefficient (Wildman–Crippen LogP) is 1.59. The van der Waals surface area contributed by atoms with Gasteiger partial charge in [0.15, 0.2) is 0 Å². The van der Waals surface area contributed by atoms with Crippen LogP contribution in [0, 0.1) is 5.92 Å². The largest absolute Gasteiger partial charge is 0.398 e. The number of benzene rings is 1. The normalized spacial score (nSPS) is 13.6. The average Bonchev–Trinajstić information content (AvgIpc) is 2.30. The van der Waals surface area contributed by atoms with E-state index in [1.54, 1.807) is 6.92 Å². The van der Waals surface area contributed by atoms with Gasteiger partial charge in [0.05, 0.1) is 9.37 Å². The topological polar surface area (TPSA) is 92.4 Å². The van der Waals surface area contributed by atoms with E-state index < -0.39 is 10.0 Å². The maximum atomic E-state index is 12.0. The molecule has 0 saturated carbocycles. The SMILES string of the molecule is CC(CO)CNS(=O)(=O)c1cc(Cl)cc(N)c1Br. The minimum Gasteiger partial charge on any atom is -0.398 e. The Labute approximate surface area is 120 Å². The molecule has 0 radical (unpaired) electrons. The highest BCUT2D eigenvalue weighted by Gasteiger charge is 2.20. The summed E-state index contributed by atoms with van der Waals surface area (Å²) < 4.78 is 26.7. The van der Waals surface area contributed by atoms with Crippen molar-refractivity contribution in [2.45, 2.75) is 11.8 Å². The van der Waals surface area contributed by atoms with E-state index >= 15 is 0 Å². The zero-order valence-corrected chi connectivity index (χ0v) is 12.8. The van der Waals surface area contributed by atoms with Crippen LogP contribution in [0.15, 0.2) is 21.5 Å². The van der Waals surface area contributed by atoms with Crippen LogP contribution >= 0.6 is 27.5 Å². The summed E-state index contributed by atoms with van der Waals surface area (Å²) >= 11 is 8.91. The lowest BCUT2D eigenvalue weighted by Gasteiger charge is -2.12. The highest BCUT2D eigenvalue weighted by atomic mass is 79.9. The standard InChI is InChI=1S/C10H14BrClN2O3S/c1-6(5-15)4-14-18(16,17)9-3-7(12)2-8(13)10(9)11/h2-3,6,14-15H,4-5,13H2,1H3. The van der Waals surface area contributed by atoms with Gasteiger partial charge in [0, 0.05) is 23.9 Å². The molecule has 0 aliphatic carbocycles. The molecule has 1 aromatic carbocycles. The summed E-state index contributed by atoms with van der Waals surface area (Å²) in [6.07, 6.45) is 0. The van der Waals surface area contributed by atoms with Crippen LogP contribution in [-0.2, 0) is 10.0 Å². The third kappa shape index (κ3) is 3.83. The molecule has 4 N–H and O–H groups in total. The Balaban J connectivity index is 3.05. The van der Waals surface area contributed by atoms with Gasteiger partial charge in [-0.3, -0.25) is 0 Å². The van der Waals surface area contributed by atoms with Gasteiger partial charge in [0.1, 0.15) is 0 Å². The number of nitrogens with one attached hydrogen (secondary N) is 1. The molecule has 8 heteroatoms. The molecule has 0 amide bonds. The second kappa shape index (κ2) is 6.21. The number of aliphatic hydroxyl groups is 1. The summed E-state index contributed by atoms with van der Waals surface area (Å²) in [5.74, 6) is -0.171. The fourth-order valence-electron chi connectivity index (χ4n) is 1.17. The molecular weight excluding hydrogens is 344 g/mol. The first kappa shape index (κ1) is 15.7. The zero-order valence-electron chi connectivity index (χ0n) is 9.65. The summed E-state index contributed by atoms with van der Waals surface area (Å²) in [4.78, 5) is -0.0161. The highest BCUT2D eigenvalue weighted by molar-refractivity contribution is 9.10. The van der Waals surface area contributed by atoms with E-state index in [1.165, 1.54) is 12.1 Å². The number of nitrogen functional groups attached to an aromatic ring is 1. The molecule has 1 atom stereocenters. The van der Waals surface area contributed by atoms with E-state index in [9.17, 15) is 8.42 Å². The van der Waals surface area contributed by atoms with Gasteiger partial charge in [-0.2, -0.15) is 0 Å². The summed E-state index contributed by atoms with van der Waals surface area (Å²) in [5.41, 5.74) is 5.88. The summed E-state index contributed by atoms with van der Waals surface area (Å²) in [6.45, 7) is 1.77. The predicted molar refractivity (Wildman–Crippen MR) is 75.0 cm³/mol. The van der Waals surface area contributed by atoms with E-state index in [0.717, 1.165) is 0 Å². The fraction of sp³-hybridized carbons (Fsp3) is 0.400. The number of hydrogen-bond acceptors (Lipinski definition) is 4. The van der Waals surface area contributed by atoms with Crippen LogP contribution in [-0.4, -0.2) is 26.7 Å². The number of nitrogens with two attached hydrogens (primary N) is 1. The third-order valence-corrected chi connectivity index (χ3v) is 5.07. The first-order valence-electron chi connectivity index (χ1n) is 5.13. The maximum Gasteiger partial charge on any atom is 0.241 e. The van der Waals surface area contributed by atoms with Crippen LogP contribution < -0.4 is 10.5 Å². The van der Waals surface area contributed by atoms with E-state index in [1.807, 2.05) is 0 Å². The minimum absolute atomic E-state index is 0.0161. The Hall–Kier alpha value is -0.340. The molecule has 0 aromatic heterocycles. The number of sulfonamides is 1. The Morgan fingerprint density at radius 2 is 2.17 bits per heavy atom. The third-order valence-electron chi connectivity index (χ3n) is 2.26. The van der Waals surface area contributed by atoms with Crippen LogP contribution in [0.4, 0.5) is 5.69 Å². The monoisotopic (exact) mass is 356 g/mol. The van der Waals surface area contributed by atoms with Crippen LogP contribution in [0.2, 0.25) is 5.02 Å². The van der Waals surface area contributed by atoms with Crippen molar-refractivity contribution >= 4 is 43.2 Å². The molecule has 1 unspecified atom stereocenters. The lowest BCUT2D eigenvalue weighted by Crippen LogP contribution is -2.30. The molecule has 0 saturated heterocycles. The molecule has 0 heterocycles. The van der Waals surface area contributed by atoms with Crippen molar-refractivity contribution in [3.63, 3.8) is 0 Å². The molecule has 102 valence electrons. The Morgan fingerprint density at radius 1 is 1.56 bits per heavy atom. The van der Waals surface area contributed by atoms with Crippen LogP contribution in [0.1, 0.15) is 6.92 Å². The number of rotatable bonds is 5. The van der Waals surface area contributed by atoms with Gasteiger partial charge in [0.25, 0.3) is 0 Å². The molecule has 0 bridgehead atoms. The second-order valence-electron chi connectivity index (χ2n) is 3.95. The average molecular weight is 358 g/mol. The molecule has 5 nitrogen and oxygen atoms in total. The molecule has 0 aliphatic rings. The van der Waals surface area contributed by atoms with Gasteiger partial charge in [-0.05, 0) is 34.0 Å². The number of aliphatic hydroxyl groups excluding tert-OH is 1. The Bertz CT molecular complexity index is 536. The first-order valence-corrected chi connectivity index (χ1v) is 7.78. The van der Waals surface area contributed by atoms with Gasteiger partial charge < -0.3 is 10.8 Å². The maximum absolute atomic E-state index is 12.0. The van der Waals surface area contributed by atoms with Crippen molar-refractivity contribution in [3.8, 4) is 0 Å². The van der Waals surface area contributed by atoms with E-state index in [2.05, 4.69) is 20.7 Å². The lowest BCUT2D eigenvalue weighted by atomic mass is 10.2. The molecule has 1 rings (SSSR count). The van der Waals surface area contributed by atoms with Crippen molar-refractivity contribution < 1.29 is 13.5 Å². The van der Waals surface area contributed by atoms with Crippen molar-refractivity contribution in [1.82, 2.24) is 4.72 Å². The summed E-state index contributed by atoms with van der Waals surface area (Å²) in [6, 6.07) is 2.77. The second-order valence-corrected chi connectivity index (χ2v) is 6.91. The van der Waals surface area contributed by atoms with Gasteiger partial charge in [-0.25, -0.2) is 13.1 Å². The minimum atomic E-state index is -3.71. The van der Waals surface area contributed by atoms with E-state index in [-0.39, 0.29) is 39.1 Å². The summed E-state index contributed by atoms with van der Waals surface area (Å²) in [5, 5.41) is 9.10. The fourth-order valence-corrected chi connectivity index (χ4v) is 3.63. The molecule has 1 aromatic rings. The first-order chi connectivity index (χ1) is 8.27. The van der Waals surface area contributed by atoms with E-state index in [0.29, 0.717) is 0 Å². The smallest absolute Gasteiger partial charge is 0.241 e. The Morgan fingerprint density at radius 3 is 2.72 bits per heavy atom. The van der Waals surface area contributed by atoms with Crippen molar-refractivity contribution in [3.05, 3.63) is 21.6 Å². The zero-order chi connectivity index (χ0) is 13.9. The van der Waals surface area contributed by atoms with E-state index in [4.69, 9.17) is 22.4 Å². The van der Waals surface area contributed by atoms with Crippen LogP contribution in [0.5, 0.6) is 0 Å². The molecular formula is C10H14BrClN2O3S. The summed E-state index contributed by atoms with van der Waals surface area (Å²) in [7, 11) is -3.71.